The van der Waals surface area contributed by atoms with Gasteiger partial charge in [-0.25, -0.2) is 9.97 Å². The second-order valence-corrected chi connectivity index (χ2v) is 8.72. The quantitative estimate of drug-likeness (QED) is 0.541. The zero-order valence-corrected chi connectivity index (χ0v) is 16.4. The molecule has 10 heteroatoms. The van der Waals surface area contributed by atoms with E-state index in [-0.39, 0.29) is 6.61 Å². The van der Waals surface area contributed by atoms with Crippen molar-refractivity contribution in [1.82, 2.24) is 9.97 Å². The molecule has 0 saturated heterocycles. The molecular formula is C17H17Cl2N5O2S. The molecule has 1 aliphatic carbocycles. The zero-order valence-electron chi connectivity index (χ0n) is 14.1. The third kappa shape index (κ3) is 3.36. The largest absolute Gasteiger partial charge is 0.394 e. The average Bonchev–Trinajstić information content (AvgIpc) is 3.32. The fraction of sp³-hybridized carbons (Fsp3) is 0.353. The van der Waals surface area contributed by atoms with Gasteiger partial charge in [0.15, 0.2) is 0 Å². The van der Waals surface area contributed by atoms with E-state index in [0.29, 0.717) is 37.8 Å². The number of hydrogen-bond donors (Lipinski definition) is 4. The van der Waals surface area contributed by atoms with Crippen LogP contribution in [0, 0.1) is 0 Å². The highest BCUT2D eigenvalue weighted by Crippen LogP contribution is 2.47. The van der Waals surface area contributed by atoms with Gasteiger partial charge in [0.1, 0.15) is 10.3 Å². The molecule has 2 atom stereocenters. The predicted molar refractivity (Wildman–Crippen MR) is 106 cm³/mol. The molecule has 0 spiro atoms. The monoisotopic (exact) mass is 425 g/mol. The number of hydrogen-bond acceptors (Lipinski definition) is 7. The van der Waals surface area contributed by atoms with Crippen molar-refractivity contribution < 1.29 is 9.90 Å². The van der Waals surface area contributed by atoms with Crippen molar-refractivity contribution in [3.05, 3.63) is 33.8 Å². The van der Waals surface area contributed by atoms with Crippen molar-refractivity contribution in [3.63, 3.8) is 0 Å². The molecule has 1 fully saturated rings. The predicted octanol–water partition coefficient (Wildman–Crippen LogP) is 2.35. The number of thioether (sulfide) groups is 1. The SMILES string of the molecule is NC(=O)C1Sc2nc(NC3(CO)CC3)nc(-c3ccc(Cl)c(Cl)c3)c2C1N. The number of rotatable bonds is 5. The maximum absolute atomic E-state index is 11.8. The minimum absolute atomic E-state index is 0.00782. The number of fused-ring (bicyclic) bond motifs is 1. The van der Waals surface area contributed by atoms with Gasteiger partial charge in [0.25, 0.3) is 0 Å². The van der Waals surface area contributed by atoms with Crippen LogP contribution in [0.1, 0.15) is 24.4 Å². The molecular weight excluding hydrogens is 409 g/mol. The number of anilines is 1. The van der Waals surface area contributed by atoms with Crippen LogP contribution >= 0.6 is 35.0 Å². The molecule has 1 aliphatic heterocycles. The molecule has 2 aromatic rings. The van der Waals surface area contributed by atoms with Crippen LogP contribution in [0.25, 0.3) is 11.3 Å². The molecule has 2 heterocycles. The molecule has 27 heavy (non-hydrogen) atoms. The fourth-order valence-corrected chi connectivity index (χ4v) is 4.49. The number of halogens is 2. The molecule has 2 aliphatic rings. The lowest BCUT2D eigenvalue weighted by atomic mass is 9.99. The van der Waals surface area contributed by atoms with Gasteiger partial charge in [-0.3, -0.25) is 4.79 Å². The second kappa shape index (κ2) is 6.79. The van der Waals surface area contributed by atoms with Gasteiger partial charge in [-0.15, -0.1) is 0 Å². The number of nitrogens with one attached hydrogen (secondary N) is 1. The van der Waals surface area contributed by atoms with Crippen LogP contribution in [0.3, 0.4) is 0 Å². The Balaban J connectivity index is 1.84. The number of benzene rings is 1. The van der Waals surface area contributed by atoms with E-state index < -0.39 is 22.7 Å². The van der Waals surface area contributed by atoms with Gasteiger partial charge in [-0.1, -0.05) is 41.0 Å². The van der Waals surface area contributed by atoms with E-state index in [9.17, 15) is 9.90 Å². The van der Waals surface area contributed by atoms with Gasteiger partial charge in [-0.2, -0.15) is 0 Å². The molecule has 1 aromatic carbocycles. The van der Waals surface area contributed by atoms with Crippen LogP contribution in [0.15, 0.2) is 23.2 Å². The maximum Gasteiger partial charge on any atom is 0.232 e. The lowest BCUT2D eigenvalue weighted by Gasteiger charge is -2.18. The van der Waals surface area contributed by atoms with E-state index >= 15 is 0 Å². The summed E-state index contributed by atoms with van der Waals surface area (Å²) in [6.07, 6.45) is 1.67. The summed E-state index contributed by atoms with van der Waals surface area (Å²) in [6, 6.07) is 4.53. The van der Waals surface area contributed by atoms with Crippen molar-refractivity contribution in [2.24, 2.45) is 11.5 Å². The van der Waals surface area contributed by atoms with Gasteiger partial charge in [0, 0.05) is 11.1 Å². The summed E-state index contributed by atoms with van der Waals surface area (Å²) in [5, 5.41) is 13.6. The van der Waals surface area contributed by atoms with Crippen molar-refractivity contribution in [2.45, 2.75) is 34.7 Å². The van der Waals surface area contributed by atoms with E-state index in [1.54, 1.807) is 18.2 Å². The van der Waals surface area contributed by atoms with Crippen LogP contribution in [0.5, 0.6) is 0 Å². The Bertz CT molecular complexity index is 938. The summed E-state index contributed by atoms with van der Waals surface area (Å²) in [7, 11) is 0. The van der Waals surface area contributed by atoms with E-state index in [2.05, 4.69) is 15.3 Å². The number of aliphatic hydroxyl groups excluding tert-OH is 1. The number of aliphatic hydroxyl groups is 1. The molecule has 0 radical (unpaired) electrons. The molecule has 1 amide bonds. The highest BCUT2D eigenvalue weighted by Gasteiger charge is 2.44. The number of primary amides is 1. The molecule has 4 rings (SSSR count). The molecule has 142 valence electrons. The molecule has 6 N–H and O–H groups in total. The molecule has 1 aromatic heterocycles. The topological polar surface area (TPSA) is 127 Å². The number of nitrogens with zero attached hydrogens (tertiary/aromatic N) is 2. The lowest BCUT2D eigenvalue weighted by Crippen LogP contribution is -2.33. The Hall–Kier alpha value is -1.58. The van der Waals surface area contributed by atoms with Gasteiger partial charge in [-0.05, 0) is 25.0 Å². The number of amides is 1. The van der Waals surface area contributed by atoms with Crippen molar-refractivity contribution in [2.75, 3.05) is 11.9 Å². The fourth-order valence-electron chi connectivity index (χ4n) is 3.05. The van der Waals surface area contributed by atoms with Crippen LogP contribution < -0.4 is 16.8 Å². The first-order valence-corrected chi connectivity index (χ1v) is 9.95. The Morgan fingerprint density at radius 2 is 2.07 bits per heavy atom. The van der Waals surface area contributed by atoms with E-state index in [0.717, 1.165) is 12.8 Å². The summed E-state index contributed by atoms with van der Waals surface area (Å²) in [5.74, 6) is -0.139. The Labute approximate surface area is 169 Å². The summed E-state index contributed by atoms with van der Waals surface area (Å²) in [5.41, 5.74) is 13.3. The number of aromatic nitrogens is 2. The van der Waals surface area contributed by atoms with Crippen molar-refractivity contribution in [3.8, 4) is 11.3 Å². The van der Waals surface area contributed by atoms with Gasteiger partial charge in [0.2, 0.25) is 11.9 Å². The van der Waals surface area contributed by atoms with Crippen molar-refractivity contribution >= 4 is 46.8 Å². The van der Waals surface area contributed by atoms with Gasteiger partial charge in [0.05, 0.1) is 33.9 Å². The smallest absolute Gasteiger partial charge is 0.232 e. The van der Waals surface area contributed by atoms with Crippen LogP contribution in [0.2, 0.25) is 10.0 Å². The molecule has 1 saturated carbocycles. The van der Waals surface area contributed by atoms with E-state index in [1.165, 1.54) is 11.8 Å². The van der Waals surface area contributed by atoms with Gasteiger partial charge >= 0.3 is 0 Å². The zero-order chi connectivity index (χ0) is 19.3. The average molecular weight is 426 g/mol. The standard InChI is InChI=1S/C17H17Cl2N5O2S/c18-8-2-1-7(5-9(8)19)12-10-11(20)13(14(21)26)27-15(10)23-16(22-12)24-17(6-25)3-4-17/h1-2,5,11,13,25H,3-4,6,20H2,(H2,21,26)(H,22,23,24). The maximum atomic E-state index is 11.8. The Morgan fingerprint density at radius 3 is 2.67 bits per heavy atom. The van der Waals surface area contributed by atoms with Crippen molar-refractivity contribution in [1.29, 1.82) is 0 Å². The van der Waals surface area contributed by atoms with Crippen LogP contribution in [-0.4, -0.2) is 38.4 Å². The minimum atomic E-state index is -0.631. The first-order valence-electron chi connectivity index (χ1n) is 8.31. The summed E-state index contributed by atoms with van der Waals surface area (Å²) < 4.78 is 0. The third-order valence-electron chi connectivity index (χ3n) is 4.82. The Morgan fingerprint density at radius 1 is 1.33 bits per heavy atom. The first kappa shape index (κ1) is 18.8. The number of nitrogens with two attached hydrogens (primary N) is 2. The van der Waals surface area contributed by atoms with E-state index in [4.69, 9.17) is 34.7 Å². The molecule has 7 nitrogen and oxygen atoms in total. The second-order valence-electron chi connectivity index (χ2n) is 6.77. The normalized spacial score (nSPS) is 22.4. The molecule has 2 unspecified atom stereocenters. The highest BCUT2D eigenvalue weighted by molar-refractivity contribution is 8.01. The summed E-state index contributed by atoms with van der Waals surface area (Å²) in [6.45, 7) is -0.00782. The van der Waals surface area contributed by atoms with Gasteiger partial charge < -0.3 is 21.9 Å². The third-order valence-corrected chi connectivity index (χ3v) is 6.87. The van der Waals surface area contributed by atoms with Crippen LogP contribution in [-0.2, 0) is 4.79 Å². The number of carbonyl (C=O) groups excluding carboxylic acids is 1. The van der Waals surface area contributed by atoms with Crippen LogP contribution in [0.4, 0.5) is 5.95 Å². The first-order chi connectivity index (χ1) is 12.8. The van der Waals surface area contributed by atoms with E-state index in [1.807, 2.05) is 0 Å². The number of carbonyl (C=O) groups is 1. The minimum Gasteiger partial charge on any atom is -0.394 e. The lowest BCUT2D eigenvalue weighted by molar-refractivity contribution is -0.117. The Kier molecular flexibility index (Phi) is 4.72. The summed E-state index contributed by atoms with van der Waals surface area (Å²) >= 11 is 13.4. The summed E-state index contributed by atoms with van der Waals surface area (Å²) in [4.78, 5) is 20.9. The highest BCUT2D eigenvalue weighted by atomic mass is 35.5. The molecule has 0 bridgehead atoms.